The number of benzene rings is 1. The smallest absolute Gasteiger partial charge is 0.247 e. The summed E-state index contributed by atoms with van der Waals surface area (Å²) in [5.74, 6) is 1.31. The molecule has 0 bridgehead atoms. The summed E-state index contributed by atoms with van der Waals surface area (Å²) in [6, 6.07) is 10.4. The predicted octanol–water partition coefficient (Wildman–Crippen LogP) is 3.56. The lowest BCUT2D eigenvalue weighted by Crippen LogP contribution is -2.23. The monoisotopic (exact) mass is 348 g/mol. The van der Waals surface area contributed by atoms with Crippen molar-refractivity contribution in [3.05, 3.63) is 65.6 Å². The van der Waals surface area contributed by atoms with Crippen molar-refractivity contribution in [3.8, 4) is 0 Å². The van der Waals surface area contributed by atoms with Gasteiger partial charge in [-0.3, -0.25) is 4.98 Å². The maximum Gasteiger partial charge on any atom is 0.247 e. The summed E-state index contributed by atoms with van der Waals surface area (Å²) in [4.78, 5) is 10.7. The van der Waals surface area contributed by atoms with E-state index in [9.17, 15) is 0 Å². The molecule has 0 spiro atoms. The van der Waals surface area contributed by atoms with Gasteiger partial charge in [-0.05, 0) is 48.6 Å². The number of nitrogens with zero attached hydrogens (tertiary/aromatic N) is 5. The van der Waals surface area contributed by atoms with E-state index in [4.69, 9.17) is 0 Å². The van der Waals surface area contributed by atoms with E-state index in [0.717, 1.165) is 25.1 Å². The Balaban J connectivity index is 1.72. The van der Waals surface area contributed by atoms with Crippen LogP contribution >= 0.6 is 0 Å². The molecule has 0 atom stereocenters. The summed E-state index contributed by atoms with van der Waals surface area (Å²) < 4.78 is 0. The van der Waals surface area contributed by atoms with Crippen molar-refractivity contribution < 1.29 is 0 Å². The fraction of sp³-hybridized carbons (Fsp3) is 0.300. The minimum Gasteiger partial charge on any atom is -0.342 e. The van der Waals surface area contributed by atoms with Gasteiger partial charge in [-0.25, -0.2) is 0 Å². The van der Waals surface area contributed by atoms with Gasteiger partial charge in [0.25, 0.3) is 0 Å². The Morgan fingerprint density at radius 3 is 2.69 bits per heavy atom. The van der Waals surface area contributed by atoms with Crippen LogP contribution in [0.4, 0.5) is 17.5 Å². The molecule has 0 amide bonds. The van der Waals surface area contributed by atoms with E-state index < -0.39 is 0 Å². The number of hydrogen-bond donors (Lipinski definition) is 1. The molecule has 3 rings (SSSR count). The third-order valence-electron chi connectivity index (χ3n) is 4.37. The van der Waals surface area contributed by atoms with Crippen LogP contribution in [0.1, 0.15) is 23.6 Å². The van der Waals surface area contributed by atoms with E-state index in [0.29, 0.717) is 11.8 Å². The number of pyridine rings is 1. The van der Waals surface area contributed by atoms with E-state index >= 15 is 0 Å². The highest BCUT2D eigenvalue weighted by atomic mass is 15.3. The zero-order valence-electron chi connectivity index (χ0n) is 15.5. The summed E-state index contributed by atoms with van der Waals surface area (Å²) in [6.45, 7) is 5.05. The highest BCUT2D eigenvalue weighted by Crippen LogP contribution is 2.24. The first-order valence-electron chi connectivity index (χ1n) is 8.82. The molecule has 1 aromatic carbocycles. The molecule has 0 radical (unpaired) electrons. The number of aryl methyl sites for hydroxylation is 2. The number of aromatic nitrogens is 4. The van der Waals surface area contributed by atoms with Crippen LogP contribution in [0.5, 0.6) is 0 Å². The van der Waals surface area contributed by atoms with Gasteiger partial charge < -0.3 is 10.2 Å². The molecule has 2 heterocycles. The largest absolute Gasteiger partial charge is 0.342 e. The Labute approximate surface area is 154 Å². The minimum absolute atomic E-state index is 0.607. The quantitative estimate of drug-likeness (QED) is 0.704. The molecule has 6 heteroatoms. The van der Waals surface area contributed by atoms with Crippen molar-refractivity contribution in [2.45, 2.75) is 26.7 Å². The van der Waals surface area contributed by atoms with Crippen molar-refractivity contribution in [1.82, 2.24) is 20.2 Å². The van der Waals surface area contributed by atoms with Gasteiger partial charge in [0.05, 0.1) is 6.20 Å². The van der Waals surface area contributed by atoms with Crippen molar-refractivity contribution in [2.24, 2.45) is 0 Å². The third kappa shape index (κ3) is 4.33. The van der Waals surface area contributed by atoms with E-state index in [2.05, 4.69) is 57.5 Å². The molecular formula is C20H24N6. The predicted molar refractivity (Wildman–Crippen MR) is 105 cm³/mol. The molecule has 0 aliphatic carbocycles. The zero-order valence-corrected chi connectivity index (χ0v) is 15.5. The van der Waals surface area contributed by atoms with Gasteiger partial charge in [-0.15, -0.1) is 5.10 Å². The molecule has 0 fully saturated rings. The SMILES string of the molecule is CCc1cccc(C)c1Nc1cnnc(N(C)CCc2ccncc2)n1. The molecule has 0 aliphatic heterocycles. The Morgan fingerprint density at radius 1 is 1.12 bits per heavy atom. The van der Waals surface area contributed by atoms with Crippen LogP contribution in [0.15, 0.2) is 48.9 Å². The number of rotatable bonds is 7. The van der Waals surface area contributed by atoms with Gasteiger partial charge in [0.2, 0.25) is 5.95 Å². The van der Waals surface area contributed by atoms with E-state index in [1.165, 1.54) is 16.7 Å². The summed E-state index contributed by atoms with van der Waals surface area (Å²) in [5, 5.41) is 11.7. The molecule has 0 saturated carbocycles. The number of hydrogen-bond acceptors (Lipinski definition) is 6. The second kappa shape index (κ2) is 8.38. The van der Waals surface area contributed by atoms with Crippen LogP contribution in [-0.2, 0) is 12.8 Å². The topological polar surface area (TPSA) is 66.8 Å². The first-order valence-corrected chi connectivity index (χ1v) is 8.82. The normalized spacial score (nSPS) is 10.6. The van der Waals surface area contributed by atoms with E-state index in [-0.39, 0.29) is 0 Å². The summed E-state index contributed by atoms with van der Waals surface area (Å²) in [6.07, 6.45) is 7.14. The second-order valence-corrected chi connectivity index (χ2v) is 6.26. The highest BCUT2D eigenvalue weighted by Gasteiger charge is 2.09. The van der Waals surface area contributed by atoms with Crippen LogP contribution < -0.4 is 10.2 Å². The third-order valence-corrected chi connectivity index (χ3v) is 4.37. The first kappa shape index (κ1) is 17.8. The van der Waals surface area contributed by atoms with Crippen molar-refractivity contribution >= 4 is 17.5 Å². The van der Waals surface area contributed by atoms with Crippen molar-refractivity contribution in [2.75, 3.05) is 23.8 Å². The zero-order chi connectivity index (χ0) is 18.4. The fourth-order valence-electron chi connectivity index (χ4n) is 2.79. The summed E-state index contributed by atoms with van der Waals surface area (Å²) in [7, 11) is 1.98. The molecule has 6 nitrogen and oxygen atoms in total. The number of para-hydroxylation sites is 1. The van der Waals surface area contributed by atoms with Crippen LogP contribution in [0.3, 0.4) is 0 Å². The van der Waals surface area contributed by atoms with E-state index in [1.807, 2.05) is 36.5 Å². The van der Waals surface area contributed by atoms with E-state index in [1.54, 1.807) is 6.20 Å². The van der Waals surface area contributed by atoms with Gasteiger partial charge in [0, 0.05) is 31.7 Å². The molecule has 0 saturated heterocycles. The lowest BCUT2D eigenvalue weighted by Gasteiger charge is -2.18. The van der Waals surface area contributed by atoms with Crippen LogP contribution in [0.25, 0.3) is 0 Å². The van der Waals surface area contributed by atoms with Crippen molar-refractivity contribution in [1.29, 1.82) is 0 Å². The molecule has 1 N–H and O–H groups in total. The van der Waals surface area contributed by atoms with Gasteiger partial charge in [-0.2, -0.15) is 10.1 Å². The standard InChI is InChI=1S/C20H24N6/c1-4-17-7-5-6-15(2)19(17)23-18-14-22-25-20(24-18)26(3)13-10-16-8-11-21-12-9-16/h5-9,11-12,14H,4,10,13H2,1-3H3,(H,23,24,25). The maximum absolute atomic E-state index is 4.63. The Hall–Kier alpha value is -3.02. The molecule has 0 aliphatic rings. The minimum atomic E-state index is 0.607. The van der Waals surface area contributed by atoms with Gasteiger partial charge >= 0.3 is 0 Å². The van der Waals surface area contributed by atoms with Crippen molar-refractivity contribution in [3.63, 3.8) is 0 Å². The summed E-state index contributed by atoms with van der Waals surface area (Å²) >= 11 is 0. The molecule has 0 unspecified atom stereocenters. The molecule has 26 heavy (non-hydrogen) atoms. The average Bonchev–Trinajstić information content (AvgIpc) is 2.68. The van der Waals surface area contributed by atoms with Gasteiger partial charge in [-0.1, -0.05) is 25.1 Å². The van der Waals surface area contributed by atoms with Crippen LogP contribution in [0.2, 0.25) is 0 Å². The van der Waals surface area contributed by atoms with Crippen LogP contribution in [-0.4, -0.2) is 33.8 Å². The Kier molecular flexibility index (Phi) is 5.73. The number of anilines is 3. The van der Waals surface area contributed by atoms with Gasteiger partial charge in [0.15, 0.2) is 5.82 Å². The fourth-order valence-corrected chi connectivity index (χ4v) is 2.79. The summed E-state index contributed by atoms with van der Waals surface area (Å²) in [5.41, 5.74) is 4.79. The highest BCUT2D eigenvalue weighted by molar-refractivity contribution is 5.64. The van der Waals surface area contributed by atoms with Gasteiger partial charge in [0.1, 0.15) is 0 Å². The van der Waals surface area contributed by atoms with Crippen LogP contribution in [0, 0.1) is 6.92 Å². The lowest BCUT2D eigenvalue weighted by atomic mass is 10.1. The second-order valence-electron chi connectivity index (χ2n) is 6.26. The molecule has 3 aromatic rings. The Morgan fingerprint density at radius 2 is 1.92 bits per heavy atom. The molecule has 134 valence electrons. The lowest BCUT2D eigenvalue weighted by molar-refractivity contribution is 0.812. The average molecular weight is 348 g/mol. The number of likely N-dealkylation sites (N-methyl/N-ethyl adjacent to an activating group) is 1. The number of nitrogens with one attached hydrogen (secondary N) is 1. The maximum atomic E-state index is 4.63. The Bertz CT molecular complexity index is 850. The first-order chi connectivity index (χ1) is 12.7. The molecule has 2 aromatic heterocycles. The molecular weight excluding hydrogens is 324 g/mol.